The van der Waals surface area contributed by atoms with Crippen LogP contribution in [0.1, 0.15) is 23.1 Å². The maximum Gasteiger partial charge on any atom is 0.325 e. The summed E-state index contributed by atoms with van der Waals surface area (Å²) in [5, 5.41) is 14.4. The molecule has 1 aliphatic carbocycles. The number of aryl methyl sites for hydroxylation is 1. The van der Waals surface area contributed by atoms with Gasteiger partial charge in [0.15, 0.2) is 0 Å². The number of hydrogen-bond acceptors (Lipinski definition) is 4. The Hall–Kier alpha value is -3.66. The fourth-order valence-corrected chi connectivity index (χ4v) is 3.86. The summed E-state index contributed by atoms with van der Waals surface area (Å²) in [5.74, 6) is -0.861. The predicted molar refractivity (Wildman–Crippen MR) is 101 cm³/mol. The fourth-order valence-electron chi connectivity index (χ4n) is 3.86. The first-order valence-electron chi connectivity index (χ1n) is 9.02. The molecule has 2 aromatic carbocycles. The van der Waals surface area contributed by atoms with Crippen molar-refractivity contribution < 1.29 is 14.4 Å². The molecule has 1 unspecified atom stereocenters. The lowest BCUT2D eigenvalue weighted by Gasteiger charge is -2.32. The third-order valence-corrected chi connectivity index (χ3v) is 5.25. The van der Waals surface area contributed by atoms with Crippen molar-refractivity contribution in [3.63, 3.8) is 0 Å². The average molecular weight is 374 g/mol. The van der Waals surface area contributed by atoms with Gasteiger partial charge < -0.3 is 10.6 Å². The molecule has 4 rings (SSSR count). The molecule has 2 aromatic rings. The number of fused-ring (bicyclic) bond motifs is 1. The van der Waals surface area contributed by atoms with Gasteiger partial charge in [0.2, 0.25) is 5.91 Å². The van der Waals surface area contributed by atoms with Gasteiger partial charge >= 0.3 is 6.03 Å². The number of anilines is 1. The number of nitriles is 1. The van der Waals surface area contributed by atoms with Gasteiger partial charge in [-0.15, -0.1) is 0 Å². The molecule has 2 N–H and O–H groups in total. The van der Waals surface area contributed by atoms with E-state index in [0.29, 0.717) is 30.5 Å². The smallest absolute Gasteiger partial charge is 0.324 e. The first-order chi connectivity index (χ1) is 13.5. The molecule has 140 valence electrons. The summed E-state index contributed by atoms with van der Waals surface area (Å²) < 4.78 is 0. The van der Waals surface area contributed by atoms with Crippen LogP contribution in [0.2, 0.25) is 0 Å². The molecule has 1 fully saturated rings. The van der Waals surface area contributed by atoms with E-state index in [1.807, 2.05) is 30.3 Å². The number of carbonyl (C=O) groups excluding carboxylic acids is 3. The third kappa shape index (κ3) is 3.09. The van der Waals surface area contributed by atoms with E-state index in [-0.39, 0.29) is 12.5 Å². The van der Waals surface area contributed by atoms with Gasteiger partial charge in [-0.3, -0.25) is 14.5 Å². The number of urea groups is 1. The van der Waals surface area contributed by atoms with Crippen LogP contribution in [-0.2, 0) is 22.4 Å². The number of benzene rings is 2. The van der Waals surface area contributed by atoms with Crippen LogP contribution in [0.15, 0.2) is 48.5 Å². The summed E-state index contributed by atoms with van der Waals surface area (Å²) in [6, 6.07) is 15.8. The second-order valence-corrected chi connectivity index (χ2v) is 7.09. The Morgan fingerprint density at radius 2 is 1.96 bits per heavy atom. The Kier molecular flexibility index (Phi) is 4.32. The maximum absolute atomic E-state index is 13.0. The van der Waals surface area contributed by atoms with Crippen molar-refractivity contribution in [2.75, 3.05) is 11.9 Å². The number of nitrogens with one attached hydrogen (secondary N) is 2. The zero-order valence-corrected chi connectivity index (χ0v) is 15.1. The van der Waals surface area contributed by atoms with E-state index in [2.05, 4.69) is 10.6 Å². The van der Waals surface area contributed by atoms with Gasteiger partial charge in [-0.25, -0.2) is 4.79 Å². The number of nitrogens with zero attached hydrogens (tertiary/aromatic N) is 2. The Balaban J connectivity index is 1.47. The van der Waals surface area contributed by atoms with Crippen molar-refractivity contribution in [2.45, 2.75) is 24.8 Å². The number of rotatable bonds is 3. The number of hydrogen-bond donors (Lipinski definition) is 2. The highest BCUT2D eigenvalue weighted by Gasteiger charge is 2.52. The molecule has 1 atom stereocenters. The predicted octanol–water partition coefficient (Wildman–Crippen LogP) is 1.98. The monoisotopic (exact) mass is 374 g/mol. The standard InChI is InChI=1S/C21H18N4O3/c22-12-14-4-3-7-17(10-14)23-18(26)13-25-19(27)21(24-20(25)28)9-8-15-5-1-2-6-16(15)11-21/h1-7,10H,8-9,11,13H2,(H,23,26)(H,24,28). The van der Waals surface area contributed by atoms with Crippen LogP contribution >= 0.6 is 0 Å². The minimum atomic E-state index is -0.980. The molecule has 1 heterocycles. The third-order valence-electron chi connectivity index (χ3n) is 5.25. The molecule has 1 spiro atoms. The van der Waals surface area contributed by atoms with Crippen LogP contribution in [-0.4, -0.2) is 34.8 Å². The van der Waals surface area contributed by atoms with Crippen LogP contribution in [0.25, 0.3) is 0 Å². The van der Waals surface area contributed by atoms with Crippen LogP contribution < -0.4 is 10.6 Å². The summed E-state index contributed by atoms with van der Waals surface area (Å²) in [7, 11) is 0. The van der Waals surface area contributed by atoms with Crippen molar-refractivity contribution in [3.05, 3.63) is 65.2 Å². The summed E-state index contributed by atoms with van der Waals surface area (Å²) in [4.78, 5) is 38.8. The molecule has 1 saturated heterocycles. The zero-order chi connectivity index (χ0) is 19.7. The molecular weight excluding hydrogens is 356 g/mol. The first kappa shape index (κ1) is 17.7. The second kappa shape index (κ2) is 6.82. The first-order valence-corrected chi connectivity index (χ1v) is 9.02. The molecule has 0 bridgehead atoms. The molecule has 0 aromatic heterocycles. The van der Waals surface area contributed by atoms with Gasteiger partial charge in [-0.2, -0.15) is 5.26 Å². The minimum absolute atomic E-state index is 0.368. The summed E-state index contributed by atoms with van der Waals surface area (Å²) in [6.07, 6.45) is 1.64. The largest absolute Gasteiger partial charge is 0.325 e. The maximum atomic E-state index is 13.0. The quantitative estimate of drug-likeness (QED) is 0.802. The highest BCUT2D eigenvalue weighted by Crippen LogP contribution is 2.33. The molecule has 28 heavy (non-hydrogen) atoms. The molecule has 0 radical (unpaired) electrons. The zero-order valence-electron chi connectivity index (χ0n) is 15.1. The van der Waals surface area contributed by atoms with Crippen molar-refractivity contribution in [3.8, 4) is 6.07 Å². The topological polar surface area (TPSA) is 102 Å². The van der Waals surface area contributed by atoms with Crippen LogP contribution in [0.3, 0.4) is 0 Å². The van der Waals surface area contributed by atoms with E-state index in [1.54, 1.807) is 18.2 Å². The molecule has 1 aliphatic heterocycles. The Labute approximate surface area is 161 Å². The van der Waals surface area contributed by atoms with Crippen molar-refractivity contribution in [1.82, 2.24) is 10.2 Å². The SMILES string of the molecule is N#Cc1cccc(NC(=O)CN2C(=O)NC3(CCc4ccccc4C3)C2=O)c1. The number of amides is 4. The van der Waals surface area contributed by atoms with Crippen molar-refractivity contribution in [1.29, 1.82) is 5.26 Å². The van der Waals surface area contributed by atoms with E-state index in [1.165, 1.54) is 11.6 Å². The van der Waals surface area contributed by atoms with Gasteiger partial charge in [0.05, 0.1) is 11.6 Å². The van der Waals surface area contributed by atoms with Gasteiger partial charge in [0, 0.05) is 12.1 Å². The summed E-state index contributed by atoms with van der Waals surface area (Å²) in [5.41, 5.74) is 2.10. The van der Waals surface area contributed by atoms with Gasteiger partial charge in [-0.1, -0.05) is 30.3 Å². The fraction of sp³-hybridized carbons (Fsp3) is 0.238. The lowest BCUT2D eigenvalue weighted by molar-refractivity contribution is -0.134. The minimum Gasteiger partial charge on any atom is -0.324 e. The van der Waals surface area contributed by atoms with E-state index in [9.17, 15) is 14.4 Å². The molecule has 7 nitrogen and oxygen atoms in total. The lowest BCUT2D eigenvalue weighted by Crippen LogP contribution is -2.51. The van der Waals surface area contributed by atoms with Crippen molar-refractivity contribution in [2.24, 2.45) is 0 Å². The average Bonchev–Trinajstić information content (AvgIpc) is 2.92. The van der Waals surface area contributed by atoms with Gasteiger partial charge in [0.25, 0.3) is 5.91 Å². The van der Waals surface area contributed by atoms with Gasteiger partial charge in [-0.05, 0) is 42.2 Å². The molecule has 4 amide bonds. The Bertz CT molecular complexity index is 1030. The van der Waals surface area contributed by atoms with E-state index < -0.39 is 17.5 Å². The highest BCUT2D eigenvalue weighted by atomic mass is 16.2. The molecule has 2 aliphatic rings. The lowest BCUT2D eigenvalue weighted by atomic mass is 9.78. The van der Waals surface area contributed by atoms with Crippen LogP contribution in [0.4, 0.5) is 10.5 Å². The second-order valence-electron chi connectivity index (χ2n) is 7.09. The highest BCUT2D eigenvalue weighted by molar-refractivity contribution is 6.10. The normalized spacial score (nSPS) is 20.5. The number of carbonyl (C=O) groups is 3. The van der Waals surface area contributed by atoms with E-state index in [4.69, 9.17) is 5.26 Å². The van der Waals surface area contributed by atoms with E-state index >= 15 is 0 Å². The molecular formula is C21H18N4O3. The Morgan fingerprint density at radius 1 is 1.18 bits per heavy atom. The Morgan fingerprint density at radius 3 is 2.75 bits per heavy atom. The molecule has 0 saturated carbocycles. The van der Waals surface area contributed by atoms with E-state index in [0.717, 1.165) is 10.5 Å². The van der Waals surface area contributed by atoms with Gasteiger partial charge in [0.1, 0.15) is 12.1 Å². The van der Waals surface area contributed by atoms with Crippen LogP contribution in [0.5, 0.6) is 0 Å². The van der Waals surface area contributed by atoms with Crippen LogP contribution in [0, 0.1) is 11.3 Å². The number of imide groups is 1. The molecule has 7 heteroatoms. The van der Waals surface area contributed by atoms with Crippen molar-refractivity contribution >= 4 is 23.5 Å². The summed E-state index contributed by atoms with van der Waals surface area (Å²) in [6.45, 7) is -0.370. The summed E-state index contributed by atoms with van der Waals surface area (Å²) >= 11 is 0.